The molecule has 0 bridgehead atoms. The number of benzene rings is 1. The van der Waals surface area contributed by atoms with Crippen LogP contribution in [0.2, 0.25) is 0 Å². The number of anilines is 1. The molecule has 21 heavy (non-hydrogen) atoms. The van der Waals surface area contributed by atoms with Crippen LogP contribution >= 0.6 is 0 Å². The maximum atomic E-state index is 12.2. The Balaban J connectivity index is 1.85. The van der Waals surface area contributed by atoms with E-state index in [2.05, 4.69) is 10.0 Å². The Morgan fingerprint density at radius 2 is 1.95 bits per heavy atom. The maximum Gasteiger partial charge on any atom is 0.301 e. The summed E-state index contributed by atoms with van der Waals surface area (Å²) in [7, 11) is -1.86. The lowest BCUT2D eigenvalue weighted by Crippen LogP contribution is -2.34. The van der Waals surface area contributed by atoms with Crippen molar-refractivity contribution in [3.8, 4) is 0 Å². The van der Waals surface area contributed by atoms with Gasteiger partial charge in [-0.3, -0.25) is 4.72 Å². The van der Waals surface area contributed by atoms with Crippen LogP contribution in [0.15, 0.2) is 18.2 Å². The molecule has 1 saturated carbocycles. The zero-order chi connectivity index (χ0) is 15.5. The van der Waals surface area contributed by atoms with Gasteiger partial charge in [-0.2, -0.15) is 12.7 Å². The van der Waals surface area contributed by atoms with Gasteiger partial charge in [-0.1, -0.05) is 6.07 Å². The summed E-state index contributed by atoms with van der Waals surface area (Å²) in [6.07, 6.45) is 3.33. The van der Waals surface area contributed by atoms with E-state index in [0.29, 0.717) is 18.3 Å². The highest BCUT2D eigenvalue weighted by atomic mass is 32.2. The Morgan fingerprint density at radius 1 is 1.24 bits per heavy atom. The van der Waals surface area contributed by atoms with Gasteiger partial charge in [0.1, 0.15) is 0 Å². The molecule has 0 atom stereocenters. The number of aryl methyl sites for hydroxylation is 2. The third-order valence-corrected chi connectivity index (χ3v) is 5.32. The second kappa shape index (κ2) is 6.77. The normalized spacial score (nSPS) is 15.4. The summed E-state index contributed by atoms with van der Waals surface area (Å²) in [4.78, 5) is 0. The molecule has 6 heteroatoms. The van der Waals surface area contributed by atoms with Crippen LogP contribution < -0.4 is 10.0 Å². The van der Waals surface area contributed by atoms with Gasteiger partial charge in [0, 0.05) is 19.6 Å². The second-order valence-corrected chi connectivity index (χ2v) is 7.59. The van der Waals surface area contributed by atoms with Crippen molar-refractivity contribution in [2.45, 2.75) is 39.2 Å². The first-order valence-electron chi connectivity index (χ1n) is 7.43. The first kappa shape index (κ1) is 16.3. The van der Waals surface area contributed by atoms with Crippen LogP contribution in [-0.4, -0.2) is 38.9 Å². The van der Waals surface area contributed by atoms with E-state index in [1.165, 1.54) is 17.1 Å². The minimum absolute atomic E-state index is 0.514. The van der Waals surface area contributed by atoms with Gasteiger partial charge >= 0.3 is 10.2 Å². The highest BCUT2D eigenvalue weighted by molar-refractivity contribution is 7.90. The van der Waals surface area contributed by atoms with Crippen molar-refractivity contribution in [3.05, 3.63) is 29.3 Å². The highest BCUT2D eigenvalue weighted by Crippen LogP contribution is 2.18. The summed E-state index contributed by atoms with van der Waals surface area (Å²) < 4.78 is 28.5. The molecule has 118 valence electrons. The third-order valence-electron chi connectivity index (χ3n) is 3.82. The molecular weight excluding hydrogens is 286 g/mol. The van der Waals surface area contributed by atoms with Crippen molar-refractivity contribution in [1.29, 1.82) is 0 Å². The molecule has 0 amide bonds. The molecule has 0 unspecified atom stereocenters. The Morgan fingerprint density at radius 3 is 2.57 bits per heavy atom. The van der Waals surface area contributed by atoms with E-state index in [9.17, 15) is 8.42 Å². The molecule has 0 aliphatic heterocycles. The van der Waals surface area contributed by atoms with E-state index in [0.717, 1.165) is 24.1 Å². The predicted molar refractivity (Wildman–Crippen MR) is 86.7 cm³/mol. The van der Waals surface area contributed by atoms with E-state index in [4.69, 9.17) is 0 Å². The smallest absolute Gasteiger partial charge is 0.301 e. The fourth-order valence-electron chi connectivity index (χ4n) is 2.05. The molecule has 1 aliphatic carbocycles. The first-order chi connectivity index (χ1) is 9.88. The number of nitrogens with zero attached hydrogens (tertiary/aromatic N) is 1. The largest absolute Gasteiger partial charge is 0.314 e. The van der Waals surface area contributed by atoms with Crippen LogP contribution in [0.1, 0.15) is 30.4 Å². The van der Waals surface area contributed by atoms with Crippen molar-refractivity contribution in [2.24, 2.45) is 0 Å². The lowest BCUT2D eigenvalue weighted by atomic mass is 10.1. The van der Waals surface area contributed by atoms with Gasteiger partial charge in [0.15, 0.2) is 0 Å². The van der Waals surface area contributed by atoms with Gasteiger partial charge < -0.3 is 5.32 Å². The number of nitrogens with one attached hydrogen (secondary N) is 2. The van der Waals surface area contributed by atoms with Crippen molar-refractivity contribution in [3.63, 3.8) is 0 Å². The van der Waals surface area contributed by atoms with Crippen molar-refractivity contribution < 1.29 is 8.42 Å². The number of hydrogen-bond donors (Lipinski definition) is 2. The minimum Gasteiger partial charge on any atom is -0.314 e. The lowest BCUT2D eigenvalue weighted by molar-refractivity contribution is 0.458. The van der Waals surface area contributed by atoms with Crippen LogP contribution in [0.4, 0.5) is 5.69 Å². The molecule has 0 saturated heterocycles. The summed E-state index contributed by atoms with van der Waals surface area (Å²) in [5, 5.41) is 3.38. The lowest BCUT2D eigenvalue weighted by Gasteiger charge is -2.18. The average Bonchev–Trinajstić information content (AvgIpc) is 3.22. The Hall–Kier alpha value is -1.11. The summed E-state index contributed by atoms with van der Waals surface area (Å²) in [6.45, 7) is 5.36. The quantitative estimate of drug-likeness (QED) is 0.722. The van der Waals surface area contributed by atoms with Gasteiger partial charge in [0.05, 0.1) is 5.69 Å². The van der Waals surface area contributed by atoms with E-state index in [1.54, 1.807) is 13.1 Å². The van der Waals surface area contributed by atoms with Gasteiger partial charge in [-0.25, -0.2) is 0 Å². The SMILES string of the molecule is Cc1ccc(NS(=O)(=O)N(C)CCCNC2CC2)cc1C. The van der Waals surface area contributed by atoms with Gasteiger partial charge in [-0.15, -0.1) is 0 Å². The Labute approximate surface area is 127 Å². The van der Waals surface area contributed by atoms with Gasteiger partial charge in [-0.05, 0) is 62.9 Å². The summed E-state index contributed by atoms with van der Waals surface area (Å²) in [6, 6.07) is 6.24. The minimum atomic E-state index is -3.47. The topological polar surface area (TPSA) is 61.4 Å². The molecule has 0 radical (unpaired) electrons. The zero-order valence-electron chi connectivity index (χ0n) is 13.0. The van der Waals surface area contributed by atoms with Gasteiger partial charge in [0.25, 0.3) is 0 Å². The molecule has 0 aromatic heterocycles. The highest BCUT2D eigenvalue weighted by Gasteiger charge is 2.21. The van der Waals surface area contributed by atoms with Crippen LogP contribution in [0.25, 0.3) is 0 Å². The van der Waals surface area contributed by atoms with E-state index in [1.807, 2.05) is 26.0 Å². The zero-order valence-corrected chi connectivity index (χ0v) is 13.8. The monoisotopic (exact) mass is 311 g/mol. The summed E-state index contributed by atoms with van der Waals surface area (Å²) >= 11 is 0. The fourth-order valence-corrected chi connectivity index (χ4v) is 3.00. The predicted octanol–water partition coefficient (Wildman–Crippen LogP) is 2.03. The molecule has 2 rings (SSSR count). The molecule has 1 aliphatic rings. The molecule has 0 heterocycles. The van der Waals surface area contributed by atoms with Crippen LogP contribution in [-0.2, 0) is 10.2 Å². The van der Waals surface area contributed by atoms with Crippen molar-refractivity contribution >= 4 is 15.9 Å². The number of hydrogen-bond acceptors (Lipinski definition) is 3. The van der Waals surface area contributed by atoms with Crippen LogP contribution in [0.5, 0.6) is 0 Å². The molecule has 1 aromatic rings. The van der Waals surface area contributed by atoms with Crippen molar-refractivity contribution in [1.82, 2.24) is 9.62 Å². The van der Waals surface area contributed by atoms with E-state index < -0.39 is 10.2 Å². The standard InChI is InChI=1S/C15H25N3O2S/c1-12-5-6-15(11-13(12)2)17-21(19,20)18(3)10-4-9-16-14-7-8-14/h5-6,11,14,16-17H,4,7-10H2,1-3H3. The first-order valence-corrected chi connectivity index (χ1v) is 8.87. The molecule has 1 aromatic carbocycles. The Bertz CT molecular complexity index is 583. The maximum absolute atomic E-state index is 12.2. The molecule has 2 N–H and O–H groups in total. The van der Waals surface area contributed by atoms with E-state index >= 15 is 0 Å². The third kappa shape index (κ3) is 4.98. The Kier molecular flexibility index (Phi) is 5.24. The molecular formula is C15H25N3O2S. The molecule has 0 spiro atoms. The van der Waals surface area contributed by atoms with Crippen LogP contribution in [0.3, 0.4) is 0 Å². The van der Waals surface area contributed by atoms with Crippen LogP contribution in [0, 0.1) is 13.8 Å². The molecule has 1 fully saturated rings. The fraction of sp³-hybridized carbons (Fsp3) is 0.600. The number of rotatable bonds is 8. The van der Waals surface area contributed by atoms with Gasteiger partial charge in [0.2, 0.25) is 0 Å². The summed E-state index contributed by atoms with van der Waals surface area (Å²) in [5.41, 5.74) is 2.84. The molecule has 5 nitrogen and oxygen atoms in total. The second-order valence-electron chi connectivity index (χ2n) is 5.81. The van der Waals surface area contributed by atoms with Crippen molar-refractivity contribution in [2.75, 3.05) is 24.9 Å². The average molecular weight is 311 g/mol. The summed E-state index contributed by atoms with van der Waals surface area (Å²) in [5.74, 6) is 0. The van der Waals surface area contributed by atoms with E-state index in [-0.39, 0.29) is 0 Å².